The topological polar surface area (TPSA) is 15.3 Å². The molecule has 18 heavy (non-hydrogen) atoms. The Kier molecular flexibility index (Phi) is 5.33. The molecule has 2 nitrogen and oxygen atoms in total. The Labute approximate surface area is 115 Å². The van der Waals surface area contributed by atoms with E-state index in [1.165, 1.54) is 32.4 Å². The summed E-state index contributed by atoms with van der Waals surface area (Å²) in [6.07, 6.45) is 4.09. The van der Waals surface area contributed by atoms with E-state index in [1.54, 1.807) is 0 Å². The van der Waals surface area contributed by atoms with Crippen LogP contribution in [0.25, 0.3) is 0 Å². The lowest BCUT2D eigenvalue weighted by molar-refractivity contribution is 0.188. The maximum Gasteiger partial charge on any atom is 0.0407 e. The minimum Gasteiger partial charge on any atom is -0.384 e. The highest BCUT2D eigenvalue weighted by Crippen LogP contribution is 2.19. The largest absolute Gasteiger partial charge is 0.384 e. The number of nitrogens with zero attached hydrogens (tertiary/aromatic N) is 1. The molecular formula is C15H23ClN2. The van der Waals surface area contributed by atoms with Gasteiger partial charge >= 0.3 is 0 Å². The number of rotatable bonds is 5. The third-order valence-electron chi connectivity index (χ3n) is 3.89. The monoisotopic (exact) mass is 266 g/mol. The second-order valence-electron chi connectivity index (χ2n) is 5.13. The van der Waals surface area contributed by atoms with Crippen molar-refractivity contribution >= 4 is 17.3 Å². The molecule has 100 valence electrons. The molecule has 1 saturated heterocycles. The van der Waals surface area contributed by atoms with E-state index >= 15 is 0 Å². The van der Waals surface area contributed by atoms with E-state index in [9.17, 15) is 0 Å². The van der Waals surface area contributed by atoms with Crippen LogP contribution < -0.4 is 5.32 Å². The van der Waals surface area contributed by atoms with Crippen molar-refractivity contribution in [2.45, 2.75) is 26.2 Å². The first-order valence-electron chi connectivity index (χ1n) is 6.99. The summed E-state index contributed by atoms with van der Waals surface area (Å²) in [4.78, 5) is 2.56. The van der Waals surface area contributed by atoms with Crippen LogP contribution >= 0.6 is 11.6 Å². The number of halogens is 1. The molecular weight excluding hydrogens is 244 g/mol. The first-order valence-corrected chi connectivity index (χ1v) is 7.37. The van der Waals surface area contributed by atoms with Crippen molar-refractivity contribution in [2.24, 2.45) is 5.92 Å². The van der Waals surface area contributed by atoms with Crippen molar-refractivity contribution in [2.75, 3.05) is 31.5 Å². The fourth-order valence-corrected chi connectivity index (χ4v) is 2.67. The highest BCUT2D eigenvalue weighted by atomic mass is 35.5. The van der Waals surface area contributed by atoms with Crippen molar-refractivity contribution in [3.63, 3.8) is 0 Å². The lowest BCUT2D eigenvalue weighted by atomic mass is 9.94. The minimum atomic E-state index is 0.794. The molecule has 1 fully saturated rings. The molecule has 1 aromatic carbocycles. The molecule has 1 N–H and O–H groups in total. The molecule has 0 bridgehead atoms. The zero-order chi connectivity index (χ0) is 12.8. The summed E-state index contributed by atoms with van der Waals surface area (Å²) < 4.78 is 0. The standard InChI is InChI=1S/C15H23ClN2/c1-2-13-7-10-18(11-8-13)12-9-17-15-5-3-14(16)4-6-15/h3-6,13,17H,2,7-12H2,1H3. The summed E-state index contributed by atoms with van der Waals surface area (Å²) in [7, 11) is 0. The van der Waals surface area contributed by atoms with E-state index in [-0.39, 0.29) is 0 Å². The van der Waals surface area contributed by atoms with Crippen LogP contribution in [0.2, 0.25) is 5.02 Å². The van der Waals surface area contributed by atoms with E-state index in [0.717, 1.165) is 29.7 Å². The molecule has 1 heterocycles. The van der Waals surface area contributed by atoms with Crippen molar-refractivity contribution < 1.29 is 0 Å². The number of piperidine rings is 1. The van der Waals surface area contributed by atoms with Crippen LogP contribution in [0.3, 0.4) is 0 Å². The first-order chi connectivity index (χ1) is 8.78. The molecule has 0 spiro atoms. The van der Waals surface area contributed by atoms with Crippen molar-refractivity contribution in [1.29, 1.82) is 0 Å². The molecule has 0 unspecified atom stereocenters. The summed E-state index contributed by atoms with van der Waals surface area (Å²) in [5.74, 6) is 0.963. The Morgan fingerprint density at radius 2 is 1.89 bits per heavy atom. The van der Waals surface area contributed by atoms with Gasteiger partial charge in [-0.25, -0.2) is 0 Å². The molecule has 0 radical (unpaired) electrons. The van der Waals surface area contributed by atoms with Crippen LogP contribution in [0.15, 0.2) is 24.3 Å². The van der Waals surface area contributed by atoms with E-state index < -0.39 is 0 Å². The molecule has 0 aromatic heterocycles. The van der Waals surface area contributed by atoms with Gasteiger partial charge in [-0.2, -0.15) is 0 Å². The molecule has 0 atom stereocenters. The lowest BCUT2D eigenvalue weighted by Gasteiger charge is -2.31. The van der Waals surface area contributed by atoms with Gasteiger partial charge in [-0.05, 0) is 56.1 Å². The van der Waals surface area contributed by atoms with Crippen LogP contribution in [0.1, 0.15) is 26.2 Å². The van der Waals surface area contributed by atoms with Gasteiger partial charge in [0, 0.05) is 23.8 Å². The Hall–Kier alpha value is -0.730. The van der Waals surface area contributed by atoms with Gasteiger partial charge in [0.25, 0.3) is 0 Å². The highest BCUT2D eigenvalue weighted by molar-refractivity contribution is 6.30. The van der Waals surface area contributed by atoms with Gasteiger partial charge in [-0.1, -0.05) is 24.9 Å². The second-order valence-corrected chi connectivity index (χ2v) is 5.56. The maximum atomic E-state index is 5.86. The normalized spacial score (nSPS) is 17.9. The Bertz CT molecular complexity index is 342. The Balaban J connectivity index is 1.65. The van der Waals surface area contributed by atoms with Gasteiger partial charge in [0.05, 0.1) is 0 Å². The molecule has 3 heteroatoms. The average Bonchev–Trinajstić information content (AvgIpc) is 2.42. The predicted molar refractivity (Wildman–Crippen MR) is 79.4 cm³/mol. The zero-order valence-corrected chi connectivity index (χ0v) is 11.9. The molecule has 2 rings (SSSR count). The van der Waals surface area contributed by atoms with Crippen molar-refractivity contribution in [3.8, 4) is 0 Å². The van der Waals surface area contributed by atoms with Crippen LogP contribution in [0.4, 0.5) is 5.69 Å². The third kappa shape index (κ3) is 4.18. The molecule has 0 aliphatic carbocycles. The summed E-state index contributed by atoms with van der Waals surface area (Å²) >= 11 is 5.86. The Morgan fingerprint density at radius 1 is 1.22 bits per heavy atom. The molecule has 0 amide bonds. The number of benzene rings is 1. The summed E-state index contributed by atoms with van der Waals surface area (Å²) in [6, 6.07) is 7.92. The average molecular weight is 267 g/mol. The summed E-state index contributed by atoms with van der Waals surface area (Å²) in [5, 5.41) is 4.24. The number of hydrogen-bond acceptors (Lipinski definition) is 2. The van der Waals surface area contributed by atoms with E-state index in [0.29, 0.717) is 0 Å². The second kappa shape index (κ2) is 7.01. The van der Waals surface area contributed by atoms with Crippen LogP contribution in [0, 0.1) is 5.92 Å². The van der Waals surface area contributed by atoms with Crippen LogP contribution in [-0.4, -0.2) is 31.1 Å². The van der Waals surface area contributed by atoms with Gasteiger partial charge < -0.3 is 10.2 Å². The number of hydrogen-bond donors (Lipinski definition) is 1. The van der Waals surface area contributed by atoms with Crippen LogP contribution in [-0.2, 0) is 0 Å². The van der Waals surface area contributed by atoms with Gasteiger partial charge in [0.15, 0.2) is 0 Å². The van der Waals surface area contributed by atoms with Gasteiger partial charge in [0.2, 0.25) is 0 Å². The highest BCUT2D eigenvalue weighted by Gasteiger charge is 2.16. The SMILES string of the molecule is CCC1CCN(CCNc2ccc(Cl)cc2)CC1. The van der Waals surface area contributed by atoms with Gasteiger partial charge in [-0.3, -0.25) is 0 Å². The molecule has 1 aromatic rings. The number of anilines is 1. The zero-order valence-electron chi connectivity index (χ0n) is 11.2. The van der Waals surface area contributed by atoms with E-state index in [4.69, 9.17) is 11.6 Å². The maximum absolute atomic E-state index is 5.86. The van der Waals surface area contributed by atoms with Crippen molar-refractivity contribution in [3.05, 3.63) is 29.3 Å². The first kappa shape index (κ1) is 13.7. The minimum absolute atomic E-state index is 0.794. The van der Waals surface area contributed by atoms with Gasteiger partial charge in [-0.15, -0.1) is 0 Å². The van der Waals surface area contributed by atoms with Crippen LogP contribution in [0.5, 0.6) is 0 Å². The quantitative estimate of drug-likeness (QED) is 0.870. The molecule has 0 saturated carbocycles. The fraction of sp³-hybridized carbons (Fsp3) is 0.600. The fourth-order valence-electron chi connectivity index (χ4n) is 2.54. The lowest BCUT2D eigenvalue weighted by Crippen LogP contribution is -2.36. The van der Waals surface area contributed by atoms with E-state index in [1.807, 2.05) is 24.3 Å². The molecule has 1 aliphatic rings. The predicted octanol–water partition coefficient (Wildman–Crippen LogP) is 3.87. The third-order valence-corrected chi connectivity index (χ3v) is 4.14. The van der Waals surface area contributed by atoms with E-state index in [2.05, 4.69) is 17.1 Å². The number of likely N-dealkylation sites (tertiary alicyclic amines) is 1. The van der Waals surface area contributed by atoms with Crippen molar-refractivity contribution in [1.82, 2.24) is 4.90 Å². The summed E-state index contributed by atoms with van der Waals surface area (Å²) in [6.45, 7) is 6.99. The summed E-state index contributed by atoms with van der Waals surface area (Å²) in [5.41, 5.74) is 1.16. The smallest absolute Gasteiger partial charge is 0.0407 e. The molecule has 1 aliphatic heterocycles. The Morgan fingerprint density at radius 3 is 2.50 bits per heavy atom. The number of nitrogens with one attached hydrogen (secondary N) is 1. The van der Waals surface area contributed by atoms with Gasteiger partial charge in [0.1, 0.15) is 0 Å².